The molecule has 2 heterocycles. The van der Waals surface area contributed by atoms with E-state index in [-0.39, 0.29) is 0 Å². The molecule has 7 heteroatoms. The molecule has 2 aromatic heterocycles. The molecule has 27 heavy (non-hydrogen) atoms. The Balaban J connectivity index is 1.78. The molecule has 0 bridgehead atoms. The minimum absolute atomic E-state index is 0.642. The first kappa shape index (κ1) is 15.9. The van der Waals surface area contributed by atoms with Crippen LogP contribution in [0.25, 0.3) is 22.2 Å². The molecule has 3 N–H and O–H groups in total. The van der Waals surface area contributed by atoms with E-state index in [0.717, 1.165) is 32.4 Å². The van der Waals surface area contributed by atoms with Crippen LogP contribution in [-0.4, -0.2) is 19.4 Å². The number of aromatic nitrogens is 4. The summed E-state index contributed by atoms with van der Waals surface area (Å²) in [6.07, 6.45) is 0. The summed E-state index contributed by atoms with van der Waals surface area (Å²) in [6.45, 7) is 0. The molecule has 0 saturated heterocycles. The molecule has 0 aliphatic heterocycles. The lowest BCUT2D eigenvalue weighted by Crippen LogP contribution is -2.04. The van der Waals surface area contributed by atoms with Crippen LogP contribution in [0.3, 0.4) is 0 Å². The number of hydrogen-bond acceptors (Lipinski definition) is 4. The van der Waals surface area contributed by atoms with Crippen LogP contribution in [0.4, 0.5) is 17.3 Å². The van der Waals surface area contributed by atoms with Crippen molar-refractivity contribution >= 4 is 49.8 Å². The highest BCUT2D eigenvalue weighted by atomic mass is 79.9. The van der Waals surface area contributed by atoms with E-state index in [0.29, 0.717) is 11.6 Å². The van der Waals surface area contributed by atoms with Crippen molar-refractivity contribution in [3.8, 4) is 5.69 Å². The third-order valence-electron chi connectivity index (χ3n) is 4.43. The lowest BCUT2D eigenvalue weighted by atomic mass is 10.2. The third kappa shape index (κ3) is 2.63. The van der Waals surface area contributed by atoms with E-state index in [2.05, 4.69) is 31.4 Å². The predicted octanol–water partition coefficient (Wildman–Crippen LogP) is 4.76. The highest BCUT2D eigenvalue weighted by Crippen LogP contribution is 2.30. The van der Waals surface area contributed by atoms with E-state index in [4.69, 9.17) is 5.73 Å². The molecule has 0 aliphatic rings. The molecule has 0 radical (unpaired) electrons. The van der Waals surface area contributed by atoms with Crippen LogP contribution in [0, 0.1) is 0 Å². The number of nitrogens with one attached hydrogen (secondary N) is 1. The van der Waals surface area contributed by atoms with Gasteiger partial charge in [-0.25, -0.2) is 0 Å². The number of nitrogens with two attached hydrogens (primary N) is 1. The van der Waals surface area contributed by atoms with E-state index in [1.165, 1.54) is 0 Å². The van der Waals surface area contributed by atoms with Crippen LogP contribution in [0.15, 0.2) is 77.3 Å². The van der Waals surface area contributed by atoms with Gasteiger partial charge >= 0.3 is 0 Å². The molecule has 0 fully saturated rings. The highest BCUT2D eigenvalue weighted by Gasteiger charge is 2.19. The summed E-state index contributed by atoms with van der Waals surface area (Å²) in [5, 5.41) is 13.7. The lowest BCUT2D eigenvalue weighted by molar-refractivity contribution is 0.838. The van der Waals surface area contributed by atoms with Crippen LogP contribution in [-0.2, 0) is 0 Å². The third-order valence-corrected chi connectivity index (χ3v) is 4.96. The maximum atomic E-state index is 6.29. The fraction of sp³-hybridized carbons (Fsp3) is 0. The Labute approximate surface area is 163 Å². The molecule has 0 saturated carbocycles. The van der Waals surface area contributed by atoms with Crippen LogP contribution in [0.1, 0.15) is 0 Å². The molecule has 132 valence electrons. The monoisotopic (exact) mass is 418 g/mol. The average molecular weight is 419 g/mol. The number of para-hydroxylation sites is 2. The van der Waals surface area contributed by atoms with Crippen molar-refractivity contribution in [2.45, 2.75) is 0 Å². The number of rotatable bonds is 3. The second-order valence-corrected chi connectivity index (χ2v) is 7.10. The normalized spacial score (nSPS) is 11.3. The van der Waals surface area contributed by atoms with Gasteiger partial charge in [0.15, 0.2) is 5.65 Å². The summed E-state index contributed by atoms with van der Waals surface area (Å²) in [6, 6.07) is 23.7. The van der Waals surface area contributed by atoms with Crippen molar-refractivity contribution in [2.24, 2.45) is 0 Å². The highest BCUT2D eigenvalue weighted by molar-refractivity contribution is 9.10. The molecule has 6 nitrogen and oxygen atoms in total. The van der Waals surface area contributed by atoms with Crippen LogP contribution >= 0.6 is 15.9 Å². The zero-order valence-electron chi connectivity index (χ0n) is 14.2. The fourth-order valence-corrected chi connectivity index (χ4v) is 3.45. The maximum absolute atomic E-state index is 6.29. The topological polar surface area (TPSA) is 73.2 Å². The minimum atomic E-state index is 0.642. The van der Waals surface area contributed by atoms with Gasteiger partial charge in [-0.2, -0.15) is 0 Å². The van der Waals surface area contributed by atoms with Gasteiger partial charge in [0, 0.05) is 15.5 Å². The minimum Gasteiger partial charge on any atom is -0.397 e. The first-order valence-corrected chi connectivity index (χ1v) is 9.24. The van der Waals surface area contributed by atoms with Crippen molar-refractivity contribution in [3.63, 3.8) is 0 Å². The fourth-order valence-electron chi connectivity index (χ4n) is 3.18. The van der Waals surface area contributed by atoms with Crippen LogP contribution in [0.5, 0.6) is 0 Å². The molecular weight excluding hydrogens is 404 g/mol. The summed E-state index contributed by atoms with van der Waals surface area (Å²) in [5.74, 6) is 0.642. The van der Waals surface area contributed by atoms with Crippen molar-refractivity contribution in [1.29, 1.82) is 0 Å². The molecule has 5 aromatic rings. The SMILES string of the molecule is Nc1ccccc1-n1c(Nc2ccc(Br)cc2)nn2nc3ccccc3c12. The smallest absolute Gasteiger partial charge is 0.234 e. The van der Waals surface area contributed by atoms with Crippen LogP contribution in [0.2, 0.25) is 0 Å². The van der Waals surface area contributed by atoms with Gasteiger partial charge in [-0.1, -0.05) is 40.2 Å². The predicted molar refractivity (Wildman–Crippen MR) is 112 cm³/mol. The summed E-state index contributed by atoms with van der Waals surface area (Å²) >= 11 is 3.46. The van der Waals surface area contributed by atoms with Crippen molar-refractivity contribution in [1.82, 2.24) is 19.4 Å². The maximum Gasteiger partial charge on any atom is 0.234 e. The van der Waals surface area contributed by atoms with E-state index >= 15 is 0 Å². The largest absolute Gasteiger partial charge is 0.397 e. The van der Waals surface area contributed by atoms with Gasteiger partial charge in [-0.3, -0.25) is 4.57 Å². The molecule has 5 rings (SSSR count). The molecule has 3 aromatic carbocycles. The molecule has 0 atom stereocenters. The van der Waals surface area contributed by atoms with E-state index in [1.807, 2.05) is 77.4 Å². The Kier molecular flexibility index (Phi) is 3.61. The van der Waals surface area contributed by atoms with Crippen LogP contribution < -0.4 is 11.1 Å². The molecule has 0 amide bonds. The second-order valence-electron chi connectivity index (χ2n) is 6.18. The van der Waals surface area contributed by atoms with Gasteiger partial charge < -0.3 is 11.1 Å². The number of halogens is 1. The zero-order valence-corrected chi connectivity index (χ0v) is 15.8. The molecule has 0 aliphatic carbocycles. The van der Waals surface area contributed by atoms with Gasteiger partial charge in [0.25, 0.3) is 0 Å². The number of hydrogen-bond donors (Lipinski definition) is 2. The van der Waals surface area contributed by atoms with Gasteiger partial charge in [0.05, 0.1) is 16.9 Å². The second kappa shape index (κ2) is 6.14. The summed E-state index contributed by atoms with van der Waals surface area (Å²) < 4.78 is 4.68. The lowest BCUT2D eigenvalue weighted by Gasteiger charge is -2.12. The zero-order chi connectivity index (χ0) is 18.4. The molecular formula is C20H15BrN6. The van der Waals surface area contributed by atoms with Gasteiger partial charge in [-0.05, 0) is 48.5 Å². The van der Waals surface area contributed by atoms with Crippen molar-refractivity contribution < 1.29 is 0 Å². The Morgan fingerprint density at radius 3 is 2.41 bits per heavy atom. The number of nitrogens with zero attached hydrogens (tertiary/aromatic N) is 4. The quantitative estimate of drug-likeness (QED) is 0.414. The van der Waals surface area contributed by atoms with E-state index in [9.17, 15) is 0 Å². The standard InChI is InChI=1S/C20H15BrN6/c21-13-9-11-14(12-10-13)23-20-25-27-19(15-5-1-3-7-17(15)24-27)26(20)18-8-4-2-6-16(18)22/h1-12H,22H2,(H,23,25). The average Bonchev–Trinajstić information content (AvgIpc) is 3.20. The Morgan fingerprint density at radius 1 is 0.852 bits per heavy atom. The Hall–Kier alpha value is -3.32. The summed E-state index contributed by atoms with van der Waals surface area (Å²) in [7, 11) is 0. The number of nitrogen functional groups attached to an aromatic ring is 1. The summed E-state index contributed by atoms with van der Waals surface area (Å²) in [5.41, 5.74) is 10.5. The van der Waals surface area contributed by atoms with Gasteiger partial charge in [0.1, 0.15) is 0 Å². The molecule has 0 spiro atoms. The number of anilines is 3. The van der Waals surface area contributed by atoms with E-state index < -0.39 is 0 Å². The van der Waals surface area contributed by atoms with Gasteiger partial charge in [-0.15, -0.1) is 14.8 Å². The summed E-state index contributed by atoms with van der Waals surface area (Å²) in [4.78, 5) is 0. The number of benzene rings is 3. The first-order chi connectivity index (χ1) is 13.2. The number of fused-ring (bicyclic) bond motifs is 3. The van der Waals surface area contributed by atoms with Crippen molar-refractivity contribution in [2.75, 3.05) is 11.1 Å². The Bertz CT molecular complexity index is 1270. The van der Waals surface area contributed by atoms with Gasteiger partial charge in [0.2, 0.25) is 5.95 Å². The first-order valence-electron chi connectivity index (χ1n) is 8.45. The van der Waals surface area contributed by atoms with Crippen molar-refractivity contribution in [3.05, 3.63) is 77.3 Å². The van der Waals surface area contributed by atoms with E-state index in [1.54, 1.807) is 4.63 Å². The Morgan fingerprint density at radius 2 is 1.59 bits per heavy atom. The molecule has 0 unspecified atom stereocenters.